The third kappa shape index (κ3) is 5.05. The predicted molar refractivity (Wildman–Crippen MR) is 132 cm³/mol. The molecule has 12 heteroatoms. The Kier molecular flexibility index (Phi) is 5.88. The number of nitrogens with one attached hydrogen (secondary N) is 1. The van der Waals surface area contributed by atoms with Crippen molar-refractivity contribution < 1.29 is 18.3 Å². The summed E-state index contributed by atoms with van der Waals surface area (Å²) in [6.45, 7) is 1.98. The summed E-state index contributed by atoms with van der Waals surface area (Å²) in [6, 6.07) is 5.05. The fourth-order valence-corrected chi connectivity index (χ4v) is 5.11. The van der Waals surface area contributed by atoms with Crippen LogP contribution in [0, 0.1) is 5.41 Å². The number of carbonyl (C=O) groups is 1. The van der Waals surface area contributed by atoms with Crippen LogP contribution >= 0.6 is 0 Å². The quantitative estimate of drug-likeness (QED) is 0.511. The van der Waals surface area contributed by atoms with Crippen molar-refractivity contribution in [3.8, 4) is 17.1 Å². The van der Waals surface area contributed by atoms with Crippen LogP contribution < -0.4 is 15.0 Å². The number of alkyl halides is 2. The molecule has 0 radical (unpaired) electrons. The molecule has 1 N–H and O–H groups in total. The summed E-state index contributed by atoms with van der Waals surface area (Å²) >= 11 is 0. The van der Waals surface area contributed by atoms with Gasteiger partial charge in [0, 0.05) is 63.0 Å². The minimum atomic E-state index is -2.92. The van der Waals surface area contributed by atoms with Crippen molar-refractivity contribution in [2.24, 2.45) is 5.41 Å². The molecule has 0 atom stereocenters. The molecule has 37 heavy (non-hydrogen) atoms. The van der Waals surface area contributed by atoms with E-state index in [1.165, 1.54) is 18.3 Å². The Morgan fingerprint density at radius 1 is 1.16 bits per heavy atom. The van der Waals surface area contributed by atoms with Gasteiger partial charge in [0.25, 0.3) is 0 Å². The highest BCUT2D eigenvalue weighted by Crippen LogP contribution is 2.43. The minimum Gasteiger partial charge on any atom is -0.435 e. The van der Waals surface area contributed by atoms with Crippen molar-refractivity contribution in [3.05, 3.63) is 36.8 Å². The monoisotopic (exact) mass is 510 g/mol. The maximum atomic E-state index is 12.7. The Balaban J connectivity index is 1.25. The normalized spacial score (nSPS) is 18.7. The van der Waals surface area contributed by atoms with E-state index in [1.807, 2.05) is 21.8 Å². The van der Waals surface area contributed by atoms with E-state index in [1.54, 1.807) is 13.1 Å². The van der Waals surface area contributed by atoms with Gasteiger partial charge in [-0.15, -0.1) is 0 Å². The summed E-state index contributed by atoms with van der Waals surface area (Å²) in [5.74, 6) is 2.26. The van der Waals surface area contributed by atoms with Crippen LogP contribution in [0.15, 0.2) is 36.8 Å². The van der Waals surface area contributed by atoms with E-state index in [0.717, 1.165) is 63.2 Å². The molecule has 2 saturated heterocycles. The smallest absolute Gasteiger partial charge is 0.387 e. The number of amides is 1. The van der Waals surface area contributed by atoms with Crippen molar-refractivity contribution in [1.29, 1.82) is 0 Å². The SMILES string of the molecule is CC(=O)N1CCC2(CC1)CN(c1cc(Nc3cc(OC(F)F)ccn3)nc(-c3cnn(C4CC4)c3)n1)C2. The first-order valence-corrected chi connectivity index (χ1v) is 12.5. The van der Waals surface area contributed by atoms with E-state index in [9.17, 15) is 13.6 Å². The first-order chi connectivity index (χ1) is 17.9. The number of pyridine rings is 1. The number of anilines is 3. The molecule has 3 aromatic heterocycles. The molecule has 10 nitrogen and oxygen atoms in total. The van der Waals surface area contributed by atoms with Gasteiger partial charge in [-0.3, -0.25) is 9.48 Å². The molecule has 0 unspecified atom stereocenters. The minimum absolute atomic E-state index is 0.00861. The number of halogens is 2. The Morgan fingerprint density at radius 3 is 2.65 bits per heavy atom. The average molecular weight is 511 g/mol. The molecule has 1 amide bonds. The van der Waals surface area contributed by atoms with Crippen molar-refractivity contribution in [2.45, 2.75) is 45.3 Å². The second-order valence-corrected chi connectivity index (χ2v) is 10.1. The predicted octanol–water partition coefficient (Wildman–Crippen LogP) is 3.86. The average Bonchev–Trinajstić information content (AvgIpc) is 3.58. The maximum absolute atomic E-state index is 12.7. The Morgan fingerprint density at radius 2 is 1.95 bits per heavy atom. The summed E-state index contributed by atoms with van der Waals surface area (Å²) in [5, 5.41) is 7.59. The number of likely N-dealkylation sites (tertiary alicyclic amines) is 1. The van der Waals surface area contributed by atoms with E-state index < -0.39 is 6.61 Å². The van der Waals surface area contributed by atoms with E-state index in [-0.39, 0.29) is 17.1 Å². The summed E-state index contributed by atoms with van der Waals surface area (Å²) in [5.41, 5.74) is 0.994. The zero-order valence-corrected chi connectivity index (χ0v) is 20.5. The second kappa shape index (κ2) is 9.24. The molecule has 194 valence electrons. The maximum Gasteiger partial charge on any atom is 0.387 e. The molecular formula is C25H28F2N8O2. The first kappa shape index (κ1) is 23.6. The van der Waals surface area contributed by atoms with E-state index in [2.05, 4.69) is 30.0 Å². The van der Waals surface area contributed by atoms with Crippen LogP contribution in [0.25, 0.3) is 11.4 Å². The van der Waals surface area contributed by atoms with Gasteiger partial charge in [0.15, 0.2) is 5.82 Å². The lowest BCUT2D eigenvalue weighted by atomic mass is 9.72. The van der Waals surface area contributed by atoms with Gasteiger partial charge in [-0.2, -0.15) is 13.9 Å². The molecule has 3 fully saturated rings. The van der Waals surface area contributed by atoms with E-state index in [0.29, 0.717) is 23.5 Å². The number of piperidine rings is 1. The molecule has 0 bridgehead atoms. The lowest BCUT2D eigenvalue weighted by Crippen LogP contribution is -2.61. The first-order valence-electron chi connectivity index (χ1n) is 12.5. The van der Waals surface area contributed by atoms with Crippen LogP contribution in [0.5, 0.6) is 5.75 Å². The third-order valence-electron chi connectivity index (χ3n) is 7.35. The van der Waals surface area contributed by atoms with Crippen molar-refractivity contribution in [2.75, 3.05) is 36.4 Å². The Hall–Kier alpha value is -3.83. The largest absolute Gasteiger partial charge is 0.435 e. The Bertz CT molecular complexity index is 1300. The van der Waals surface area contributed by atoms with Crippen molar-refractivity contribution in [3.63, 3.8) is 0 Å². The van der Waals surface area contributed by atoms with Gasteiger partial charge in [0.1, 0.15) is 23.2 Å². The highest BCUT2D eigenvalue weighted by Gasteiger charge is 2.45. The standard InChI is InChI=1S/C25H28F2N8O2/c1-16(36)33-8-5-25(6-9-33)14-34(15-25)22-11-21(30-20-10-19(4-7-28-20)37-24(26)27)31-23(32-22)17-12-29-35(13-17)18-2-3-18/h4,7,10-13,18,24H,2-3,5-6,8-9,14-15H2,1H3,(H,28,30,31,32). The molecule has 3 aromatic rings. The highest BCUT2D eigenvalue weighted by molar-refractivity contribution is 5.73. The molecule has 6 rings (SSSR count). The summed E-state index contributed by atoms with van der Waals surface area (Å²) in [4.78, 5) is 29.6. The van der Waals surface area contributed by atoms with E-state index >= 15 is 0 Å². The van der Waals surface area contributed by atoms with E-state index in [4.69, 9.17) is 4.98 Å². The number of hydrogen-bond donors (Lipinski definition) is 1. The topological polar surface area (TPSA) is 101 Å². The molecule has 2 aliphatic heterocycles. The molecule has 3 aliphatic rings. The fourth-order valence-electron chi connectivity index (χ4n) is 5.11. The summed E-state index contributed by atoms with van der Waals surface area (Å²) in [6.07, 6.45) is 9.32. The zero-order valence-electron chi connectivity index (χ0n) is 20.5. The molecule has 5 heterocycles. The molecule has 1 saturated carbocycles. The third-order valence-corrected chi connectivity index (χ3v) is 7.35. The molecule has 0 aromatic carbocycles. The van der Waals surface area contributed by atoms with Gasteiger partial charge in [0.05, 0.1) is 17.8 Å². The molecule has 1 spiro atoms. The lowest BCUT2D eigenvalue weighted by molar-refractivity contribution is -0.131. The highest BCUT2D eigenvalue weighted by atomic mass is 19.3. The van der Waals surface area contributed by atoms with Crippen molar-refractivity contribution in [1.82, 2.24) is 29.6 Å². The second-order valence-electron chi connectivity index (χ2n) is 10.1. The van der Waals surface area contributed by atoms with Crippen LogP contribution in [0.1, 0.15) is 38.6 Å². The van der Waals surface area contributed by atoms with Crippen LogP contribution in [0.4, 0.5) is 26.2 Å². The fraction of sp³-hybridized carbons (Fsp3) is 0.480. The number of ether oxygens (including phenoxy) is 1. The number of aromatic nitrogens is 5. The molecule has 1 aliphatic carbocycles. The van der Waals surface area contributed by atoms with Crippen LogP contribution in [-0.2, 0) is 4.79 Å². The van der Waals surface area contributed by atoms with Crippen LogP contribution in [0.3, 0.4) is 0 Å². The number of nitrogens with zero attached hydrogens (tertiary/aromatic N) is 7. The Labute approximate surface area is 212 Å². The lowest BCUT2D eigenvalue weighted by Gasteiger charge is -2.54. The molecular weight excluding hydrogens is 482 g/mol. The number of hydrogen-bond acceptors (Lipinski definition) is 8. The van der Waals surface area contributed by atoms with Gasteiger partial charge >= 0.3 is 6.61 Å². The van der Waals surface area contributed by atoms with Crippen LogP contribution in [-0.4, -0.2) is 68.3 Å². The van der Waals surface area contributed by atoms with Gasteiger partial charge in [0.2, 0.25) is 5.91 Å². The van der Waals surface area contributed by atoms with Gasteiger partial charge in [-0.25, -0.2) is 15.0 Å². The van der Waals surface area contributed by atoms with Gasteiger partial charge in [-0.1, -0.05) is 0 Å². The summed E-state index contributed by atoms with van der Waals surface area (Å²) in [7, 11) is 0. The van der Waals surface area contributed by atoms with Crippen molar-refractivity contribution >= 4 is 23.4 Å². The van der Waals surface area contributed by atoms with Gasteiger partial charge in [-0.05, 0) is 31.7 Å². The number of rotatable bonds is 7. The zero-order chi connectivity index (χ0) is 25.6. The van der Waals surface area contributed by atoms with Crippen LogP contribution in [0.2, 0.25) is 0 Å². The number of carbonyl (C=O) groups excluding carboxylic acids is 1. The van der Waals surface area contributed by atoms with Gasteiger partial charge < -0.3 is 19.9 Å². The summed E-state index contributed by atoms with van der Waals surface area (Å²) < 4.78 is 31.8.